The Morgan fingerprint density at radius 2 is 2.29 bits per heavy atom. The first-order valence-electron chi connectivity index (χ1n) is 4.91. The van der Waals surface area contributed by atoms with Crippen LogP contribution in [0.15, 0.2) is 0 Å². The van der Waals surface area contributed by atoms with Gasteiger partial charge in [0, 0.05) is 19.8 Å². The molecule has 1 aliphatic heterocycles. The van der Waals surface area contributed by atoms with Crippen molar-refractivity contribution in [1.29, 1.82) is 0 Å². The molecule has 0 radical (unpaired) electrons. The maximum Gasteiger partial charge on any atom is 0.303 e. The quantitative estimate of drug-likeness (QED) is 0.675. The van der Waals surface area contributed by atoms with Crippen LogP contribution in [0.5, 0.6) is 0 Å². The minimum absolute atomic E-state index is 0.0187. The van der Waals surface area contributed by atoms with Crippen molar-refractivity contribution in [2.75, 3.05) is 6.61 Å². The highest BCUT2D eigenvalue weighted by Gasteiger charge is 2.38. The molecule has 4 nitrogen and oxygen atoms in total. The van der Waals surface area contributed by atoms with Gasteiger partial charge in [0.2, 0.25) is 0 Å². The molecule has 0 aliphatic carbocycles. The first-order chi connectivity index (χ1) is 6.45. The Bertz CT molecular complexity index is 216. The van der Waals surface area contributed by atoms with E-state index in [4.69, 9.17) is 14.6 Å². The molecule has 4 heteroatoms. The number of hydrogen-bond donors (Lipinski definition) is 1. The topological polar surface area (TPSA) is 55.8 Å². The summed E-state index contributed by atoms with van der Waals surface area (Å²) < 4.78 is 10.7. The van der Waals surface area contributed by atoms with Crippen LogP contribution in [0.25, 0.3) is 0 Å². The molecule has 1 heterocycles. The zero-order chi connectivity index (χ0) is 10.8. The van der Waals surface area contributed by atoms with E-state index < -0.39 is 5.60 Å². The van der Waals surface area contributed by atoms with Gasteiger partial charge in [0.15, 0.2) is 0 Å². The molecule has 0 spiro atoms. The fourth-order valence-electron chi connectivity index (χ4n) is 2.14. The Labute approximate surface area is 84.2 Å². The molecule has 1 rings (SSSR count). The summed E-state index contributed by atoms with van der Waals surface area (Å²) in [5, 5.41) is 9.01. The van der Waals surface area contributed by atoms with Crippen LogP contribution in [0.3, 0.4) is 0 Å². The monoisotopic (exact) mass is 202 g/mol. The van der Waals surface area contributed by atoms with Gasteiger partial charge in [-0.3, -0.25) is 4.79 Å². The standard InChI is InChI=1S/C10H18O4/c1-7-4-10(3,14-8(2)12)5-9(6-11)13-7/h7,9,11H,4-6H2,1-3H3/t7-,9-,10+/m1/s1. The van der Waals surface area contributed by atoms with Gasteiger partial charge in [-0.2, -0.15) is 0 Å². The van der Waals surface area contributed by atoms with Crippen LogP contribution in [0.1, 0.15) is 33.6 Å². The zero-order valence-corrected chi connectivity index (χ0v) is 8.95. The Hall–Kier alpha value is -0.610. The van der Waals surface area contributed by atoms with Gasteiger partial charge in [-0.25, -0.2) is 0 Å². The van der Waals surface area contributed by atoms with E-state index in [0.717, 1.165) is 0 Å². The molecule has 0 saturated carbocycles. The molecule has 1 aliphatic rings. The Morgan fingerprint density at radius 3 is 2.79 bits per heavy atom. The summed E-state index contributed by atoms with van der Waals surface area (Å²) in [4.78, 5) is 10.9. The largest absolute Gasteiger partial charge is 0.459 e. The van der Waals surface area contributed by atoms with Crippen molar-refractivity contribution < 1.29 is 19.4 Å². The average Bonchev–Trinajstić information content (AvgIpc) is 1.99. The molecule has 0 aromatic rings. The van der Waals surface area contributed by atoms with Gasteiger partial charge < -0.3 is 14.6 Å². The molecule has 0 amide bonds. The number of esters is 1. The number of carbonyl (C=O) groups is 1. The Kier molecular flexibility index (Phi) is 3.50. The third-order valence-electron chi connectivity index (χ3n) is 2.40. The first kappa shape index (κ1) is 11.5. The molecule has 0 bridgehead atoms. The molecule has 0 aromatic heterocycles. The predicted molar refractivity (Wildman–Crippen MR) is 50.8 cm³/mol. The zero-order valence-electron chi connectivity index (χ0n) is 8.95. The summed E-state index contributed by atoms with van der Waals surface area (Å²) in [6, 6.07) is 0. The minimum atomic E-state index is -0.489. The Balaban J connectivity index is 2.63. The number of aliphatic hydroxyl groups is 1. The molecular formula is C10H18O4. The van der Waals surface area contributed by atoms with Crippen LogP contribution in [0.4, 0.5) is 0 Å². The molecule has 0 aromatic carbocycles. The predicted octanol–water partition coefficient (Wildman–Crippen LogP) is 0.868. The van der Waals surface area contributed by atoms with Crippen molar-refractivity contribution in [3.8, 4) is 0 Å². The number of aliphatic hydroxyl groups excluding tert-OH is 1. The smallest absolute Gasteiger partial charge is 0.303 e. The normalized spacial score (nSPS) is 38.0. The van der Waals surface area contributed by atoms with E-state index >= 15 is 0 Å². The summed E-state index contributed by atoms with van der Waals surface area (Å²) in [6.45, 7) is 5.18. The van der Waals surface area contributed by atoms with Crippen molar-refractivity contribution in [2.24, 2.45) is 0 Å². The van der Waals surface area contributed by atoms with E-state index in [2.05, 4.69) is 0 Å². The molecular weight excluding hydrogens is 184 g/mol. The highest BCUT2D eigenvalue weighted by atomic mass is 16.6. The van der Waals surface area contributed by atoms with Crippen molar-refractivity contribution in [1.82, 2.24) is 0 Å². The highest BCUT2D eigenvalue weighted by Crippen LogP contribution is 2.31. The molecule has 14 heavy (non-hydrogen) atoms. The number of hydrogen-bond acceptors (Lipinski definition) is 4. The molecule has 1 fully saturated rings. The minimum Gasteiger partial charge on any atom is -0.459 e. The van der Waals surface area contributed by atoms with Crippen molar-refractivity contribution in [3.05, 3.63) is 0 Å². The molecule has 1 N–H and O–H groups in total. The van der Waals surface area contributed by atoms with Gasteiger partial charge in [0.1, 0.15) is 5.60 Å². The van der Waals surface area contributed by atoms with Crippen molar-refractivity contribution in [2.45, 2.75) is 51.4 Å². The molecule has 1 saturated heterocycles. The number of carbonyl (C=O) groups excluding carboxylic acids is 1. The van der Waals surface area contributed by atoms with Crippen LogP contribution in [0.2, 0.25) is 0 Å². The first-order valence-corrected chi connectivity index (χ1v) is 4.91. The molecule has 0 unspecified atom stereocenters. The highest BCUT2D eigenvalue weighted by molar-refractivity contribution is 5.66. The lowest BCUT2D eigenvalue weighted by Gasteiger charge is -2.40. The second-order valence-corrected chi connectivity index (χ2v) is 4.20. The van der Waals surface area contributed by atoms with Crippen LogP contribution in [-0.2, 0) is 14.3 Å². The van der Waals surface area contributed by atoms with Crippen molar-refractivity contribution in [3.63, 3.8) is 0 Å². The lowest BCUT2D eigenvalue weighted by atomic mass is 9.89. The fourth-order valence-corrected chi connectivity index (χ4v) is 2.14. The second-order valence-electron chi connectivity index (χ2n) is 4.20. The van der Waals surface area contributed by atoms with Crippen LogP contribution >= 0.6 is 0 Å². The summed E-state index contributed by atoms with van der Waals surface area (Å²) in [6.07, 6.45) is 1.05. The van der Waals surface area contributed by atoms with E-state index in [0.29, 0.717) is 12.8 Å². The summed E-state index contributed by atoms with van der Waals surface area (Å²) in [7, 11) is 0. The van der Waals surface area contributed by atoms with E-state index in [1.54, 1.807) is 0 Å². The fraction of sp³-hybridized carbons (Fsp3) is 0.900. The van der Waals surface area contributed by atoms with Crippen LogP contribution in [-0.4, -0.2) is 35.5 Å². The summed E-state index contributed by atoms with van der Waals surface area (Å²) in [5.74, 6) is -0.279. The van der Waals surface area contributed by atoms with Gasteiger partial charge >= 0.3 is 5.97 Å². The van der Waals surface area contributed by atoms with Crippen LogP contribution < -0.4 is 0 Å². The number of rotatable bonds is 2. The van der Waals surface area contributed by atoms with Gasteiger partial charge in [-0.15, -0.1) is 0 Å². The second kappa shape index (κ2) is 4.28. The van der Waals surface area contributed by atoms with Crippen molar-refractivity contribution >= 4 is 5.97 Å². The lowest BCUT2D eigenvalue weighted by Crippen LogP contribution is -2.46. The third kappa shape index (κ3) is 2.96. The number of ether oxygens (including phenoxy) is 2. The molecule has 3 atom stereocenters. The van der Waals surface area contributed by atoms with E-state index in [1.165, 1.54) is 6.92 Å². The summed E-state index contributed by atoms with van der Waals surface area (Å²) in [5.41, 5.74) is -0.489. The summed E-state index contributed by atoms with van der Waals surface area (Å²) >= 11 is 0. The van der Waals surface area contributed by atoms with Gasteiger partial charge in [0.05, 0.1) is 18.8 Å². The van der Waals surface area contributed by atoms with Gasteiger partial charge in [-0.1, -0.05) is 0 Å². The van der Waals surface area contributed by atoms with E-state index in [9.17, 15) is 4.79 Å². The lowest BCUT2D eigenvalue weighted by molar-refractivity contribution is -0.182. The maximum atomic E-state index is 10.9. The Morgan fingerprint density at radius 1 is 1.64 bits per heavy atom. The van der Waals surface area contributed by atoms with E-state index in [-0.39, 0.29) is 24.8 Å². The van der Waals surface area contributed by atoms with Gasteiger partial charge in [0.25, 0.3) is 0 Å². The van der Waals surface area contributed by atoms with Gasteiger partial charge in [-0.05, 0) is 13.8 Å². The maximum absolute atomic E-state index is 10.9. The van der Waals surface area contributed by atoms with E-state index in [1.807, 2.05) is 13.8 Å². The van der Waals surface area contributed by atoms with Crippen LogP contribution in [0, 0.1) is 0 Å². The SMILES string of the molecule is CC(=O)O[C@]1(C)C[C@H](CO)O[C@H](C)C1. The average molecular weight is 202 g/mol. The molecule has 82 valence electrons. The third-order valence-corrected chi connectivity index (χ3v) is 2.40.